The predicted octanol–water partition coefficient (Wildman–Crippen LogP) is 2.40. The number of nitrogens with zero attached hydrogens (tertiary/aromatic N) is 2. The summed E-state index contributed by atoms with van der Waals surface area (Å²) in [7, 11) is 0. The third kappa shape index (κ3) is 2.41. The standard InChI is InChI=1S/C14H19N3S/c1-10-8-15-5-6-17(10)9-12-3-4-13-14(7-12)18-11(2)16-13/h3-4,7,10,15H,5-6,8-9H2,1-2H3/t10-/m1/s1. The normalized spacial score (nSPS) is 21.6. The van der Waals surface area contributed by atoms with Gasteiger partial charge in [-0.1, -0.05) is 6.07 Å². The van der Waals surface area contributed by atoms with Crippen molar-refractivity contribution in [2.45, 2.75) is 26.4 Å². The van der Waals surface area contributed by atoms with E-state index < -0.39 is 0 Å². The van der Waals surface area contributed by atoms with E-state index in [2.05, 4.69) is 47.2 Å². The van der Waals surface area contributed by atoms with Gasteiger partial charge in [-0.3, -0.25) is 4.90 Å². The van der Waals surface area contributed by atoms with Crippen molar-refractivity contribution in [2.24, 2.45) is 0 Å². The molecule has 0 radical (unpaired) electrons. The average molecular weight is 261 g/mol. The van der Waals surface area contributed by atoms with Crippen LogP contribution in [0, 0.1) is 6.92 Å². The highest BCUT2D eigenvalue weighted by Crippen LogP contribution is 2.23. The molecule has 3 nitrogen and oxygen atoms in total. The molecular formula is C14H19N3S. The van der Waals surface area contributed by atoms with Gasteiger partial charge in [0.1, 0.15) is 0 Å². The molecule has 1 fully saturated rings. The highest BCUT2D eigenvalue weighted by Gasteiger charge is 2.17. The van der Waals surface area contributed by atoms with E-state index >= 15 is 0 Å². The zero-order chi connectivity index (χ0) is 12.5. The Hall–Kier alpha value is -0.970. The minimum absolute atomic E-state index is 0.623. The van der Waals surface area contributed by atoms with Crippen LogP contribution in [0.5, 0.6) is 0 Å². The summed E-state index contributed by atoms with van der Waals surface area (Å²) < 4.78 is 1.31. The summed E-state index contributed by atoms with van der Waals surface area (Å²) in [5, 5.41) is 4.58. The van der Waals surface area contributed by atoms with Gasteiger partial charge in [0, 0.05) is 32.2 Å². The second-order valence-corrected chi connectivity index (χ2v) is 6.29. The molecule has 0 amide bonds. The smallest absolute Gasteiger partial charge is 0.0907 e. The number of nitrogens with one attached hydrogen (secondary N) is 1. The van der Waals surface area contributed by atoms with E-state index in [9.17, 15) is 0 Å². The summed E-state index contributed by atoms with van der Waals surface area (Å²) in [6.45, 7) is 8.76. The highest BCUT2D eigenvalue weighted by atomic mass is 32.1. The van der Waals surface area contributed by atoms with Gasteiger partial charge < -0.3 is 5.32 Å². The highest BCUT2D eigenvalue weighted by molar-refractivity contribution is 7.18. The molecular weight excluding hydrogens is 242 g/mol. The number of rotatable bonds is 2. The van der Waals surface area contributed by atoms with Gasteiger partial charge in [0.05, 0.1) is 15.2 Å². The van der Waals surface area contributed by atoms with Gasteiger partial charge in [0.2, 0.25) is 0 Å². The van der Waals surface area contributed by atoms with Crippen LogP contribution in [-0.2, 0) is 6.54 Å². The molecule has 3 rings (SSSR count). The molecule has 2 heterocycles. The van der Waals surface area contributed by atoms with E-state index in [4.69, 9.17) is 0 Å². The van der Waals surface area contributed by atoms with Crippen molar-refractivity contribution >= 4 is 21.6 Å². The Balaban J connectivity index is 1.81. The monoisotopic (exact) mass is 261 g/mol. The zero-order valence-electron chi connectivity index (χ0n) is 10.9. The molecule has 1 aromatic heterocycles. The zero-order valence-corrected chi connectivity index (χ0v) is 11.8. The summed E-state index contributed by atoms with van der Waals surface area (Å²) >= 11 is 1.79. The molecule has 0 unspecified atom stereocenters. The molecule has 1 N–H and O–H groups in total. The fourth-order valence-corrected chi connectivity index (χ4v) is 3.43. The molecule has 2 aromatic rings. The Bertz CT molecular complexity index is 549. The van der Waals surface area contributed by atoms with Crippen molar-refractivity contribution in [3.05, 3.63) is 28.8 Å². The first-order valence-electron chi connectivity index (χ1n) is 6.53. The molecule has 0 aliphatic carbocycles. The van der Waals surface area contributed by atoms with E-state index in [0.29, 0.717) is 6.04 Å². The first-order chi connectivity index (χ1) is 8.72. The Kier molecular flexibility index (Phi) is 3.33. The Morgan fingerprint density at radius 3 is 3.22 bits per heavy atom. The average Bonchev–Trinajstić information content (AvgIpc) is 2.71. The lowest BCUT2D eigenvalue weighted by Crippen LogP contribution is -2.49. The van der Waals surface area contributed by atoms with Gasteiger partial charge in [0.25, 0.3) is 0 Å². The molecule has 0 saturated carbocycles. The van der Waals surface area contributed by atoms with Crippen molar-refractivity contribution in [3.8, 4) is 0 Å². The molecule has 18 heavy (non-hydrogen) atoms. The molecule has 96 valence electrons. The SMILES string of the molecule is Cc1nc2ccc(CN3CCNC[C@H]3C)cc2s1. The third-order valence-corrected chi connectivity index (χ3v) is 4.52. The molecule has 0 spiro atoms. The van der Waals surface area contributed by atoms with Gasteiger partial charge in [-0.2, -0.15) is 0 Å². The quantitative estimate of drug-likeness (QED) is 0.900. The van der Waals surface area contributed by atoms with Crippen LogP contribution in [0.1, 0.15) is 17.5 Å². The molecule has 4 heteroatoms. The largest absolute Gasteiger partial charge is 0.314 e. The van der Waals surface area contributed by atoms with E-state index in [0.717, 1.165) is 36.7 Å². The third-order valence-electron chi connectivity index (χ3n) is 3.58. The summed E-state index contributed by atoms with van der Waals surface area (Å²) in [6, 6.07) is 7.30. The number of hydrogen-bond donors (Lipinski definition) is 1. The van der Waals surface area contributed by atoms with Crippen LogP contribution < -0.4 is 5.32 Å². The number of benzene rings is 1. The van der Waals surface area contributed by atoms with Crippen molar-refractivity contribution in [3.63, 3.8) is 0 Å². The van der Waals surface area contributed by atoms with Crippen LogP contribution in [0.4, 0.5) is 0 Å². The van der Waals surface area contributed by atoms with E-state index in [1.807, 2.05) is 0 Å². The Labute approximate surface area is 112 Å². The summed E-state index contributed by atoms with van der Waals surface area (Å²) in [5.74, 6) is 0. The van der Waals surface area contributed by atoms with Gasteiger partial charge in [0.15, 0.2) is 0 Å². The Morgan fingerprint density at radius 1 is 1.50 bits per heavy atom. The van der Waals surface area contributed by atoms with Crippen molar-refractivity contribution in [2.75, 3.05) is 19.6 Å². The van der Waals surface area contributed by atoms with Crippen LogP contribution in [-0.4, -0.2) is 35.6 Å². The van der Waals surface area contributed by atoms with Crippen molar-refractivity contribution in [1.82, 2.24) is 15.2 Å². The number of aromatic nitrogens is 1. The number of aryl methyl sites for hydroxylation is 1. The maximum absolute atomic E-state index is 4.51. The van der Waals surface area contributed by atoms with Crippen LogP contribution >= 0.6 is 11.3 Å². The lowest BCUT2D eigenvalue weighted by atomic mass is 10.1. The van der Waals surface area contributed by atoms with Crippen molar-refractivity contribution in [1.29, 1.82) is 0 Å². The Morgan fingerprint density at radius 2 is 2.39 bits per heavy atom. The van der Waals surface area contributed by atoms with Gasteiger partial charge in [-0.15, -0.1) is 11.3 Å². The predicted molar refractivity (Wildman–Crippen MR) is 77.1 cm³/mol. The summed E-state index contributed by atoms with van der Waals surface area (Å²) in [5.41, 5.74) is 2.54. The fraction of sp³-hybridized carbons (Fsp3) is 0.500. The first-order valence-corrected chi connectivity index (χ1v) is 7.35. The lowest BCUT2D eigenvalue weighted by Gasteiger charge is -2.33. The molecule has 1 aromatic carbocycles. The maximum Gasteiger partial charge on any atom is 0.0907 e. The van der Waals surface area contributed by atoms with E-state index in [1.54, 1.807) is 11.3 Å². The molecule has 0 bridgehead atoms. The van der Waals surface area contributed by atoms with Crippen molar-refractivity contribution < 1.29 is 0 Å². The second kappa shape index (κ2) is 4.96. The summed E-state index contributed by atoms with van der Waals surface area (Å²) in [6.07, 6.45) is 0. The molecule has 1 atom stereocenters. The minimum Gasteiger partial charge on any atom is -0.314 e. The van der Waals surface area contributed by atoms with E-state index in [1.165, 1.54) is 10.3 Å². The van der Waals surface area contributed by atoms with Crippen LogP contribution in [0.3, 0.4) is 0 Å². The summed E-state index contributed by atoms with van der Waals surface area (Å²) in [4.78, 5) is 7.06. The lowest BCUT2D eigenvalue weighted by molar-refractivity contribution is 0.166. The van der Waals surface area contributed by atoms with Crippen LogP contribution in [0.2, 0.25) is 0 Å². The minimum atomic E-state index is 0.623. The first kappa shape index (κ1) is 12.1. The van der Waals surface area contributed by atoms with Gasteiger partial charge in [-0.25, -0.2) is 4.98 Å². The van der Waals surface area contributed by atoms with Gasteiger partial charge >= 0.3 is 0 Å². The fourth-order valence-electron chi connectivity index (χ4n) is 2.54. The van der Waals surface area contributed by atoms with Crippen LogP contribution in [0.15, 0.2) is 18.2 Å². The van der Waals surface area contributed by atoms with E-state index in [-0.39, 0.29) is 0 Å². The maximum atomic E-state index is 4.51. The number of thiazole rings is 1. The molecule has 1 aliphatic rings. The second-order valence-electron chi connectivity index (χ2n) is 5.06. The number of hydrogen-bond acceptors (Lipinski definition) is 4. The molecule has 1 saturated heterocycles. The number of fused-ring (bicyclic) bond motifs is 1. The topological polar surface area (TPSA) is 28.2 Å². The van der Waals surface area contributed by atoms with Gasteiger partial charge in [-0.05, 0) is 31.5 Å². The van der Waals surface area contributed by atoms with Crippen LogP contribution in [0.25, 0.3) is 10.2 Å². The number of piperazine rings is 1. The molecule has 1 aliphatic heterocycles.